The highest BCUT2D eigenvalue weighted by atomic mass is 16.7. The normalized spacial score (nSPS) is 18.1. The number of carbonyl (C=O) groups excluding carboxylic acids is 5. The number of carbonyl (C=O) groups is 5. The Labute approximate surface area is 237 Å². The number of nitrogens with one attached hydrogen (secondary N) is 2. The van der Waals surface area contributed by atoms with Gasteiger partial charge < -0.3 is 29.4 Å². The zero-order chi connectivity index (χ0) is 30.0. The van der Waals surface area contributed by atoms with Crippen LogP contribution in [0.2, 0.25) is 0 Å². The number of hydrogen-bond donors (Lipinski definition) is 2. The third-order valence-electron chi connectivity index (χ3n) is 6.32. The van der Waals surface area contributed by atoms with Crippen molar-refractivity contribution in [1.29, 1.82) is 0 Å². The summed E-state index contributed by atoms with van der Waals surface area (Å²) >= 11 is 0. The van der Waals surface area contributed by atoms with Gasteiger partial charge in [-0.1, -0.05) is 44.2 Å². The van der Waals surface area contributed by atoms with Gasteiger partial charge in [0, 0.05) is 18.8 Å². The van der Waals surface area contributed by atoms with Gasteiger partial charge in [-0.15, -0.1) is 0 Å². The fraction of sp³-hybridized carbons (Fsp3) is 0.444. The minimum atomic E-state index is -2.01. The molecule has 0 radical (unpaired) electrons. The van der Waals surface area contributed by atoms with Crippen LogP contribution in [0.5, 0.6) is 0 Å². The monoisotopic (exact) mass is 568 g/mol. The quantitative estimate of drug-likeness (QED) is 0.274. The molecular formula is C27H33BN4O9. The second-order valence-corrected chi connectivity index (χ2v) is 9.94. The lowest BCUT2D eigenvalue weighted by molar-refractivity contribution is -0.178. The molecule has 1 aliphatic rings. The van der Waals surface area contributed by atoms with Crippen molar-refractivity contribution in [2.45, 2.75) is 57.1 Å². The van der Waals surface area contributed by atoms with E-state index in [0.29, 0.717) is 0 Å². The van der Waals surface area contributed by atoms with E-state index in [0.717, 1.165) is 19.8 Å². The Morgan fingerprint density at radius 2 is 1.80 bits per heavy atom. The molecule has 0 bridgehead atoms. The van der Waals surface area contributed by atoms with Crippen molar-refractivity contribution in [3.05, 3.63) is 60.2 Å². The summed E-state index contributed by atoms with van der Waals surface area (Å²) < 4.78 is 20.9. The van der Waals surface area contributed by atoms with Crippen molar-refractivity contribution in [1.82, 2.24) is 20.6 Å². The van der Waals surface area contributed by atoms with Crippen LogP contribution in [0.1, 0.15) is 49.2 Å². The third kappa shape index (κ3) is 8.58. The predicted molar refractivity (Wildman–Crippen MR) is 144 cm³/mol. The number of benzene rings is 1. The first-order valence-corrected chi connectivity index (χ1v) is 13.0. The molecule has 0 unspecified atom stereocenters. The van der Waals surface area contributed by atoms with E-state index in [-0.39, 0.29) is 24.5 Å². The van der Waals surface area contributed by atoms with Crippen molar-refractivity contribution in [3.8, 4) is 0 Å². The van der Waals surface area contributed by atoms with Gasteiger partial charge in [-0.05, 0) is 17.9 Å². The lowest BCUT2D eigenvalue weighted by Gasteiger charge is -2.39. The Morgan fingerprint density at radius 3 is 2.41 bits per heavy atom. The summed E-state index contributed by atoms with van der Waals surface area (Å²) in [7, 11) is 0.788. The van der Waals surface area contributed by atoms with Crippen molar-refractivity contribution in [2.24, 2.45) is 5.92 Å². The van der Waals surface area contributed by atoms with E-state index in [2.05, 4.69) is 20.6 Å². The number of ether oxygens (including phenoxy) is 2. The molecule has 2 amide bonds. The van der Waals surface area contributed by atoms with Gasteiger partial charge in [0.05, 0.1) is 39.2 Å². The van der Waals surface area contributed by atoms with E-state index in [1.54, 1.807) is 12.1 Å². The standard InChI is InChI=1S/C27H33BN4O9/c1-17(2)12-21(28-40-23(34)15-27(41-28,26(37)39-4)14-22(33)38-3)32-24(35)19(13-18-8-6-5-7-9-18)31-25(36)20-16-29-10-11-30-20/h5-11,16-17,19,21H,12-15H2,1-4H3,(H,31,36)(H,32,35)/t19-,21-,27+/m0/s1. The first-order chi connectivity index (χ1) is 19.6. The van der Waals surface area contributed by atoms with E-state index >= 15 is 0 Å². The third-order valence-corrected chi connectivity index (χ3v) is 6.32. The second kappa shape index (κ2) is 14.3. The molecule has 0 saturated carbocycles. The molecule has 218 valence electrons. The van der Waals surface area contributed by atoms with Gasteiger partial charge in [0.15, 0.2) is 5.60 Å². The van der Waals surface area contributed by atoms with E-state index in [9.17, 15) is 24.0 Å². The van der Waals surface area contributed by atoms with Crippen LogP contribution in [0.15, 0.2) is 48.9 Å². The van der Waals surface area contributed by atoms with Gasteiger partial charge in [0.25, 0.3) is 11.9 Å². The van der Waals surface area contributed by atoms with Crippen LogP contribution in [-0.4, -0.2) is 78.6 Å². The molecule has 2 aromatic rings. The molecule has 2 N–H and O–H groups in total. The lowest BCUT2D eigenvalue weighted by atomic mass is 9.70. The summed E-state index contributed by atoms with van der Waals surface area (Å²) in [6, 6.07) is 7.99. The molecule has 1 aliphatic heterocycles. The first-order valence-electron chi connectivity index (χ1n) is 13.0. The van der Waals surface area contributed by atoms with Gasteiger partial charge in [0.1, 0.15) is 11.7 Å². The van der Waals surface area contributed by atoms with Crippen LogP contribution in [-0.2, 0) is 44.4 Å². The van der Waals surface area contributed by atoms with Crippen LogP contribution in [0, 0.1) is 5.92 Å². The summed E-state index contributed by atoms with van der Waals surface area (Å²) in [5.41, 5.74) is -1.21. The number of hydrogen-bond acceptors (Lipinski definition) is 11. The number of rotatable bonds is 12. The molecule has 0 aliphatic carbocycles. The van der Waals surface area contributed by atoms with Gasteiger partial charge in [-0.25, -0.2) is 9.78 Å². The van der Waals surface area contributed by atoms with Crippen LogP contribution in [0.25, 0.3) is 0 Å². The lowest BCUT2D eigenvalue weighted by Crippen LogP contribution is -2.63. The minimum absolute atomic E-state index is 0.0207. The molecule has 2 heterocycles. The predicted octanol–water partition coefficient (Wildman–Crippen LogP) is 0.814. The van der Waals surface area contributed by atoms with Gasteiger partial charge in [0.2, 0.25) is 5.91 Å². The Hall–Kier alpha value is -4.33. The van der Waals surface area contributed by atoms with Crippen LogP contribution < -0.4 is 10.6 Å². The van der Waals surface area contributed by atoms with Crippen molar-refractivity contribution < 1.29 is 42.8 Å². The van der Waals surface area contributed by atoms with Gasteiger partial charge >= 0.3 is 19.1 Å². The van der Waals surface area contributed by atoms with E-state index in [4.69, 9.17) is 18.8 Å². The SMILES string of the molecule is COC(=O)C[C@]1(C(=O)OC)CC(=O)OB([C@H](CC(C)C)NC(=O)[C@H](Cc2ccccc2)NC(=O)c2cnccn2)O1. The largest absolute Gasteiger partial charge is 0.552 e. The zero-order valence-electron chi connectivity index (χ0n) is 23.3. The minimum Gasteiger partial charge on any atom is -0.508 e. The van der Waals surface area contributed by atoms with Gasteiger partial charge in [-0.2, -0.15) is 0 Å². The average molecular weight is 568 g/mol. The zero-order valence-corrected chi connectivity index (χ0v) is 23.3. The van der Waals surface area contributed by atoms with Crippen molar-refractivity contribution >= 4 is 36.8 Å². The highest BCUT2D eigenvalue weighted by Gasteiger charge is 2.55. The number of esters is 2. The Balaban J connectivity index is 1.89. The maximum atomic E-state index is 13.7. The van der Waals surface area contributed by atoms with Crippen molar-refractivity contribution in [3.63, 3.8) is 0 Å². The maximum absolute atomic E-state index is 13.7. The summed E-state index contributed by atoms with van der Waals surface area (Å²) in [5, 5.41) is 5.51. The molecule has 3 atom stereocenters. The van der Waals surface area contributed by atoms with E-state index in [1.807, 2.05) is 32.0 Å². The summed E-state index contributed by atoms with van der Waals surface area (Å²) in [5.74, 6) is -4.79. The Morgan fingerprint density at radius 1 is 1.07 bits per heavy atom. The second-order valence-electron chi connectivity index (χ2n) is 9.94. The molecule has 1 aromatic carbocycles. The molecule has 13 nitrogen and oxygen atoms in total. The Kier molecular flexibility index (Phi) is 10.9. The maximum Gasteiger partial charge on any atom is 0.552 e. The number of aromatic nitrogens is 2. The molecular weight excluding hydrogens is 535 g/mol. The summed E-state index contributed by atoms with van der Waals surface area (Å²) in [4.78, 5) is 72.1. The summed E-state index contributed by atoms with van der Waals surface area (Å²) in [6.45, 7) is 3.76. The average Bonchev–Trinajstić information content (AvgIpc) is 2.96. The molecule has 41 heavy (non-hydrogen) atoms. The fourth-order valence-electron chi connectivity index (χ4n) is 4.38. The van der Waals surface area contributed by atoms with Crippen LogP contribution >= 0.6 is 0 Å². The molecule has 1 aromatic heterocycles. The number of amides is 2. The number of nitrogens with zero attached hydrogens (tertiary/aromatic N) is 2. The Bertz CT molecular complexity index is 1230. The molecule has 14 heteroatoms. The van der Waals surface area contributed by atoms with Gasteiger partial charge in [-0.3, -0.25) is 24.2 Å². The molecule has 1 fully saturated rings. The molecule has 0 spiro atoms. The first kappa shape index (κ1) is 31.2. The number of methoxy groups -OCH3 is 2. The van der Waals surface area contributed by atoms with E-state index < -0.39 is 67.3 Å². The highest BCUT2D eigenvalue weighted by molar-refractivity contribution is 6.50. The van der Waals surface area contributed by atoms with E-state index in [1.165, 1.54) is 18.6 Å². The molecule has 1 saturated heterocycles. The van der Waals surface area contributed by atoms with Crippen LogP contribution in [0.3, 0.4) is 0 Å². The highest BCUT2D eigenvalue weighted by Crippen LogP contribution is 2.31. The topological polar surface area (TPSA) is 172 Å². The fourth-order valence-corrected chi connectivity index (χ4v) is 4.38. The smallest absolute Gasteiger partial charge is 0.508 e. The molecule has 3 rings (SSSR count). The summed E-state index contributed by atoms with van der Waals surface area (Å²) in [6.07, 6.45) is 3.25. The van der Waals surface area contributed by atoms with Crippen LogP contribution in [0.4, 0.5) is 0 Å². The van der Waals surface area contributed by atoms with Crippen molar-refractivity contribution in [2.75, 3.05) is 14.2 Å².